The summed E-state index contributed by atoms with van der Waals surface area (Å²) in [6.07, 6.45) is 5.40. The molecule has 122 valence electrons. The van der Waals surface area contributed by atoms with Gasteiger partial charge < -0.3 is 10.2 Å². The van der Waals surface area contributed by atoms with E-state index in [2.05, 4.69) is 41.4 Å². The lowest BCUT2D eigenvalue weighted by molar-refractivity contribution is -0.135. The molecule has 1 aliphatic carbocycles. The second-order valence-corrected chi connectivity index (χ2v) is 6.32. The zero-order valence-electron chi connectivity index (χ0n) is 13.4. The lowest BCUT2D eigenvalue weighted by Crippen LogP contribution is -2.45. The first-order valence-electron chi connectivity index (χ1n) is 8.40. The highest BCUT2D eigenvalue weighted by Crippen LogP contribution is 2.33. The molecule has 0 aromatic heterocycles. The molecule has 0 radical (unpaired) electrons. The number of carbonyl (C=O) groups is 1. The summed E-state index contributed by atoms with van der Waals surface area (Å²) in [5.74, 6) is 0.444. The monoisotopic (exact) mass is 322 g/mol. The van der Waals surface area contributed by atoms with Crippen molar-refractivity contribution in [2.24, 2.45) is 0 Å². The van der Waals surface area contributed by atoms with E-state index in [0.29, 0.717) is 11.9 Å². The van der Waals surface area contributed by atoms with Crippen LogP contribution in [0.5, 0.6) is 0 Å². The van der Waals surface area contributed by atoms with Crippen molar-refractivity contribution >= 4 is 18.3 Å². The van der Waals surface area contributed by atoms with Crippen LogP contribution in [-0.4, -0.2) is 36.5 Å². The standard InChI is InChI=1S/C18H26N2O.ClH/c1-2-12-20(15-10-11-19-13-15)18(21)17-9-5-7-14-6-3-4-8-16(14)17;/h3-4,6,8,15,17,19H,2,5,7,9-13H2,1H3;1H. The van der Waals surface area contributed by atoms with Crippen LogP contribution in [0.15, 0.2) is 24.3 Å². The van der Waals surface area contributed by atoms with Crippen molar-refractivity contribution in [2.75, 3.05) is 19.6 Å². The predicted octanol–water partition coefficient (Wildman–Crippen LogP) is 3.13. The molecule has 4 heteroatoms. The molecule has 0 saturated carbocycles. The Hall–Kier alpha value is -1.06. The summed E-state index contributed by atoms with van der Waals surface area (Å²) in [5.41, 5.74) is 2.66. The van der Waals surface area contributed by atoms with Gasteiger partial charge in [-0.3, -0.25) is 4.79 Å². The average molecular weight is 323 g/mol. The van der Waals surface area contributed by atoms with Crippen LogP contribution in [0.25, 0.3) is 0 Å². The molecule has 3 nitrogen and oxygen atoms in total. The quantitative estimate of drug-likeness (QED) is 0.923. The van der Waals surface area contributed by atoms with Crippen LogP contribution in [0.4, 0.5) is 0 Å². The number of aryl methyl sites for hydroxylation is 1. The van der Waals surface area contributed by atoms with Crippen LogP contribution in [0.2, 0.25) is 0 Å². The number of halogens is 1. The Bertz CT molecular complexity index is 500. The van der Waals surface area contributed by atoms with Gasteiger partial charge >= 0.3 is 0 Å². The number of fused-ring (bicyclic) bond motifs is 1. The molecular formula is C18H27ClN2O. The van der Waals surface area contributed by atoms with Crippen molar-refractivity contribution in [3.8, 4) is 0 Å². The van der Waals surface area contributed by atoms with E-state index in [1.54, 1.807) is 0 Å². The molecule has 1 fully saturated rings. The number of nitrogens with one attached hydrogen (secondary N) is 1. The normalized spacial score (nSPS) is 23.5. The van der Waals surface area contributed by atoms with Crippen molar-refractivity contribution in [2.45, 2.75) is 51.0 Å². The minimum absolute atomic E-state index is 0. The van der Waals surface area contributed by atoms with Crippen LogP contribution in [0, 0.1) is 0 Å². The van der Waals surface area contributed by atoms with E-state index in [1.807, 2.05) is 0 Å². The molecule has 1 aromatic rings. The van der Waals surface area contributed by atoms with Gasteiger partial charge in [-0.05, 0) is 49.8 Å². The molecule has 1 aliphatic heterocycles. The third-order valence-electron chi connectivity index (χ3n) is 4.89. The molecule has 2 unspecified atom stereocenters. The van der Waals surface area contributed by atoms with Crippen molar-refractivity contribution in [3.63, 3.8) is 0 Å². The van der Waals surface area contributed by atoms with E-state index >= 15 is 0 Å². The summed E-state index contributed by atoms with van der Waals surface area (Å²) in [6.45, 7) is 5.06. The maximum atomic E-state index is 13.1. The molecule has 3 rings (SSSR count). The molecule has 1 N–H and O–H groups in total. The van der Waals surface area contributed by atoms with Crippen LogP contribution in [0.3, 0.4) is 0 Å². The van der Waals surface area contributed by atoms with Crippen molar-refractivity contribution in [3.05, 3.63) is 35.4 Å². The molecule has 1 heterocycles. The van der Waals surface area contributed by atoms with Gasteiger partial charge in [0.1, 0.15) is 0 Å². The van der Waals surface area contributed by atoms with E-state index in [0.717, 1.165) is 51.7 Å². The van der Waals surface area contributed by atoms with Crippen LogP contribution >= 0.6 is 12.4 Å². The molecule has 2 atom stereocenters. The van der Waals surface area contributed by atoms with E-state index in [9.17, 15) is 4.79 Å². The summed E-state index contributed by atoms with van der Waals surface area (Å²) in [7, 11) is 0. The smallest absolute Gasteiger partial charge is 0.230 e. The maximum Gasteiger partial charge on any atom is 0.230 e. The van der Waals surface area contributed by atoms with Gasteiger partial charge in [-0.15, -0.1) is 12.4 Å². The molecule has 2 aliphatic rings. The zero-order valence-corrected chi connectivity index (χ0v) is 14.2. The van der Waals surface area contributed by atoms with Gasteiger partial charge in [-0.1, -0.05) is 31.2 Å². The molecule has 1 amide bonds. The lowest BCUT2D eigenvalue weighted by atomic mass is 9.82. The van der Waals surface area contributed by atoms with E-state index in [1.165, 1.54) is 11.1 Å². The number of rotatable bonds is 4. The Balaban J connectivity index is 0.00000176. The van der Waals surface area contributed by atoms with Crippen LogP contribution in [0.1, 0.15) is 49.7 Å². The average Bonchev–Trinajstić information content (AvgIpc) is 3.05. The van der Waals surface area contributed by atoms with Crippen LogP contribution < -0.4 is 5.32 Å². The number of hydrogen-bond acceptors (Lipinski definition) is 2. The molecule has 0 spiro atoms. The van der Waals surface area contributed by atoms with Gasteiger partial charge in [0.2, 0.25) is 5.91 Å². The minimum Gasteiger partial charge on any atom is -0.338 e. The Morgan fingerprint density at radius 3 is 2.86 bits per heavy atom. The highest BCUT2D eigenvalue weighted by Gasteiger charge is 2.33. The van der Waals surface area contributed by atoms with E-state index < -0.39 is 0 Å². The Kier molecular flexibility index (Phi) is 6.27. The molecule has 0 bridgehead atoms. The second kappa shape index (κ2) is 7.98. The summed E-state index contributed by atoms with van der Waals surface area (Å²) >= 11 is 0. The fourth-order valence-electron chi connectivity index (χ4n) is 3.83. The highest BCUT2D eigenvalue weighted by atomic mass is 35.5. The van der Waals surface area contributed by atoms with E-state index in [4.69, 9.17) is 0 Å². The number of carbonyl (C=O) groups excluding carboxylic acids is 1. The number of benzene rings is 1. The number of amides is 1. The molecular weight excluding hydrogens is 296 g/mol. The predicted molar refractivity (Wildman–Crippen MR) is 92.6 cm³/mol. The lowest BCUT2D eigenvalue weighted by Gasteiger charge is -2.34. The Morgan fingerprint density at radius 1 is 1.32 bits per heavy atom. The topological polar surface area (TPSA) is 32.3 Å². The fraction of sp³-hybridized carbons (Fsp3) is 0.611. The third-order valence-corrected chi connectivity index (χ3v) is 4.89. The van der Waals surface area contributed by atoms with Gasteiger partial charge in [-0.2, -0.15) is 0 Å². The van der Waals surface area contributed by atoms with Gasteiger partial charge in [-0.25, -0.2) is 0 Å². The maximum absolute atomic E-state index is 13.1. The molecule has 1 aromatic carbocycles. The van der Waals surface area contributed by atoms with E-state index in [-0.39, 0.29) is 18.3 Å². The summed E-state index contributed by atoms with van der Waals surface area (Å²) in [5, 5.41) is 3.39. The second-order valence-electron chi connectivity index (χ2n) is 6.32. The first-order valence-corrected chi connectivity index (χ1v) is 8.40. The minimum atomic E-state index is 0. The molecule has 1 saturated heterocycles. The Labute approximate surface area is 139 Å². The van der Waals surface area contributed by atoms with Crippen molar-refractivity contribution in [1.29, 1.82) is 0 Å². The largest absolute Gasteiger partial charge is 0.338 e. The third kappa shape index (κ3) is 3.47. The highest BCUT2D eigenvalue weighted by molar-refractivity contribution is 5.85. The van der Waals surface area contributed by atoms with Crippen molar-refractivity contribution in [1.82, 2.24) is 10.2 Å². The first kappa shape index (κ1) is 17.3. The zero-order chi connectivity index (χ0) is 14.7. The van der Waals surface area contributed by atoms with Gasteiger partial charge in [0, 0.05) is 19.1 Å². The summed E-state index contributed by atoms with van der Waals surface area (Å²) in [6, 6.07) is 8.92. The summed E-state index contributed by atoms with van der Waals surface area (Å²) in [4.78, 5) is 15.3. The van der Waals surface area contributed by atoms with Gasteiger partial charge in [0.15, 0.2) is 0 Å². The van der Waals surface area contributed by atoms with Crippen LogP contribution in [-0.2, 0) is 11.2 Å². The Morgan fingerprint density at radius 2 is 2.14 bits per heavy atom. The fourth-order valence-corrected chi connectivity index (χ4v) is 3.83. The summed E-state index contributed by atoms with van der Waals surface area (Å²) < 4.78 is 0. The van der Waals surface area contributed by atoms with Crippen molar-refractivity contribution < 1.29 is 4.79 Å². The SMILES string of the molecule is CCCN(C(=O)C1CCCc2ccccc21)C1CCNC1.Cl. The number of hydrogen-bond donors (Lipinski definition) is 1. The molecule has 22 heavy (non-hydrogen) atoms. The van der Waals surface area contributed by atoms with Gasteiger partial charge in [0.05, 0.1) is 5.92 Å². The first-order chi connectivity index (χ1) is 10.3. The van der Waals surface area contributed by atoms with Gasteiger partial charge in [0.25, 0.3) is 0 Å². The number of nitrogens with zero attached hydrogens (tertiary/aromatic N) is 1.